The number of hydrazine groups is 1. The molecule has 1 heterocycles. The predicted molar refractivity (Wildman–Crippen MR) is 83.0 cm³/mol. The van der Waals surface area contributed by atoms with Crippen LogP contribution in [-0.2, 0) is 12.8 Å². The fraction of sp³-hybridized carbons (Fsp3) is 0.312. The van der Waals surface area contributed by atoms with Crippen LogP contribution in [0.4, 0.5) is 5.69 Å². The second-order valence-corrected chi connectivity index (χ2v) is 6.49. The maximum atomic E-state index is 12.2. The first-order valence-electron chi connectivity index (χ1n) is 6.95. The molecule has 0 saturated carbocycles. The van der Waals surface area contributed by atoms with Crippen LogP contribution in [-0.4, -0.2) is 5.91 Å². The number of thiophene rings is 1. The van der Waals surface area contributed by atoms with Crippen LogP contribution >= 0.6 is 11.3 Å². The number of amides is 1. The van der Waals surface area contributed by atoms with Gasteiger partial charge in [-0.3, -0.25) is 15.6 Å². The van der Waals surface area contributed by atoms with Crippen molar-refractivity contribution in [1.82, 2.24) is 5.43 Å². The first-order chi connectivity index (χ1) is 9.72. The Morgan fingerprint density at radius 1 is 1.30 bits per heavy atom. The molecule has 1 aliphatic rings. The summed E-state index contributed by atoms with van der Waals surface area (Å²) < 4.78 is 0. The topological polar surface area (TPSA) is 41.1 Å². The fourth-order valence-corrected chi connectivity index (χ4v) is 3.63. The van der Waals surface area contributed by atoms with Gasteiger partial charge in [-0.25, -0.2) is 0 Å². The summed E-state index contributed by atoms with van der Waals surface area (Å²) in [6.07, 6.45) is 3.45. The van der Waals surface area contributed by atoms with Gasteiger partial charge in [0, 0.05) is 4.88 Å². The summed E-state index contributed by atoms with van der Waals surface area (Å²) in [6.45, 7) is 2.28. The van der Waals surface area contributed by atoms with E-state index in [1.807, 2.05) is 30.3 Å². The van der Waals surface area contributed by atoms with E-state index in [9.17, 15) is 4.79 Å². The molecule has 4 heteroatoms. The van der Waals surface area contributed by atoms with Crippen molar-refractivity contribution in [2.24, 2.45) is 5.92 Å². The van der Waals surface area contributed by atoms with Gasteiger partial charge in [0.05, 0.1) is 10.6 Å². The molecular formula is C16H18N2OS. The Bertz CT molecular complexity index is 606. The highest BCUT2D eigenvalue weighted by molar-refractivity contribution is 7.14. The molecule has 0 spiro atoms. The van der Waals surface area contributed by atoms with Crippen LogP contribution in [0.1, 0.15) is 33.5 Å². The van der Waals surface area contributed by atoms with Crippen LogP contribution in [0, 0.1) is 5.92 Å². The number of aryl methyl sites for hydroxylation is 1. The number of carbonyl (C=O) groups is 1. The average Bonchev–Trinajstić information content (AvgIpc) is 2.89. The zero-order valence-electron chi connectivity index (χ0n) is 11.5. The number of benzene rings is 1. The summed E-state index contributed by atoms with van der Waals surface area (Å²) in [5.74, 6) is 0.677. The van der Waals surface area contributed by atoms with E-state index in [2.05, 4.69) is 23.8 Å². The number of anilines is 1. The van der Waals surface area contributed by atoms with Crippen molar-refractivity contribution in [2.45, 2.75) is 26.2 Å². The molecule has 20 heavy (non-hydrogen) atoms. The summed E-state index contributed by atoms with van der Waals surface area (Å²) in [7, 11) is 0. The van der Waals surface area contributed by atoms with Crippen LogP contribution in [0.3, 0.4) is 0 Å². The number of para-hydroxylation sites is 1. The van der Waals surface area contributed by atoms with E-state index in [4.69, 9.17) is 0 Å². The van der Waals surface area contributed by atoms with E-state index < -0.39 is 0 Å². The van der Waals surface area contributed by atoms with Gasteiger partial charge in [-0.2, -0.15) is 0 Å². The Labute approximate surface area is 123 Å². The second-order valence-electron chi connectivity index (χ2n) is 5.35. The third kappa shape index (κ3) is 2.85. The van der Waals surface area contributed by atoms with Crippen molar-refractivity contribution in [3.05, 3.63) is 51.7 Å². The largest absolute Gasteiger partial charge is 0.298 e. The number of fused-ring (bicyclic) bond motifs is 1. The van der Waals surface area contributed by atoms with Crippen LogP contribution in [0.15, 0.2) is 36.4 Å². The first-order valence-corrected chi connectivity index (χ1v) is 7.77. The van der Waals surface area contributed by atoms with Crippen LogP contribution in [0.5, 0.6) is 0 Å². The van der Waals surface area contributed by atoms with Crippen molar-refractivity contribution in [3.8, 4) is 0 Å². The van der Waals surface area contributed by atoms with Crippen molar-refractivity contribution in [3.63, 3.8) is 0 Å². The Morgan fingerprint density at radius 2 is 2.10 bits per heavy atom. The highest BCUT2D eigenvalue weighted by Crippen LogP contribution is 2.32. The molecule has 0 fully saturated rings. The standard InChI is InChI=1S/C16H18N2OS/c1-11-7-8-14-12(9-11)10-15(20-14)16(19)18-17-13-5-3-2-4-6-13/h2-6,10-11,17H,7-9H2,1H3,(H,18,19). The molecule has 3 nitrogen and oxygen atoms in total. The maximum Gasteiger partial charge on any atom is 0.279 e. The van der Waals surface area contributed by atoms with Crippen molar-refractivity contribution < 1.29 is 4.79 Å². The molecule has 0 saturated heterocycles. The van der Waals surface area contributed by atoms with Gasteiger partial charge in [-0.15, -0.1) is 11.3 Å². The number of nitrogens with one attached hydrogen (secondary N) is 2. The molecule has 1 aromatic carbocycles. The zero-order valence-corrected chi connectivity index (χ0v) is 12.3. The summed E-state index contributed by atoms with van der Waals surface area (Å²) in [5.41, 5.74) is 7.94. The molecule has 2 N–H and O–H groups in total. The van der Waals surface area contributed by atoms with Crippen molar-refractivity contribution in [1.29, 1.82) is 0 Å². The Morgan fingerprint density at radius 3 is 2.90 bits per heavy atom. The number of carbonyl (C=O) groups excluding carboxylic acids is 1. The molecule has 3 rings (SSSR count). The lowest BCUT2D eigenvalue weighted by atomic mass is 9.90. The quantitative estimate of drug-likeness (QED) is 0.846. The number of hydrogen-bond acceptors (Lipinski definition) is 3. The third-order valence-corrected chi connectivity index (χ3v) is 4.88. The molecule has 1 amide bonds. The van der Waals surface area contributed by atoms with Crippen LogP contribution in [0.2, 0.25) is 0 Å². The second kappa shape index (κ2) is 5.67. The van der Waals surface area contributed by atoms with Gasteiger partial charge in [-0.1, -0.05) is 25.1 Å². The third-order valence-electron chi connectivity index (χ3n) is 3.65. The molecule has 1 atom stereocenters. The average molecular weight is 286 g/mol. The van der Waals surface area contributed by atoms with Gasteiger partial charge < -0.3 is 0 Å². The minimum absolute atomic E-state index is 0.0547. The summed E-state index contributed by atoms with van der Waals surface area (Å²) in [4.78, 5) is 14.3. The van der Waals surface area contributed by atoms with Gasteiger partial charge in [0.1, 0.15) is 0 Å². The fourth-order valence-electron chi connectivity index (χ4n) is 2.53. The van der Waals surface area contributed by atoms with E-state index in [1.54, 1.807) is 11.3 Å². The van der Waals surface area contributed by atoms with Crippen molar-refractivity contribution in [2.75, 3.05) is 5.43 Å². The molecule has 0 aliphatic heterocycles. The van der Waals surface area contributed by atoms with E-state index >= 15 is 0 Å². The highest BCUT2D eigenvalue weighted by Gasteiger charge is 2.20. The van der Waals surface area contributed by atoms with Crippen LogP contribution in [0.25, 0.3) is 0 Å². The normalized spacial score (nSPS) is 17.4. The van der Waals surface area contributed by atoms with E-state index in [-0.39, 0.29) is 5.91 Å². The number of hydrogen-bond donors (Lipinski definition) is 2. The van der Waals surface area contributed by atoms with Crippen molar-refractivity contribution >= 4 is 22.9 Å². The minimum atomic E-state index is -0.0547. The Hall–Kier alpha value is -1.81. The van der Waals surface area contributed by atoms with Gasteiger partial charge in [0.25, 0.3) is 5.91 Å². The van der Waals surface area contributed by atoms with Gasteiger partial charge in [0.15, 0.2) is 0 Å². The molecule has 0 bridgehead atoms. The van der Waals surface area contributed by atoms with Crippen LogP contribution < -0.4 is 10.9 Å². The summed E-state index contributed by atoms with van der Waals surface area (Å²) >= 11 is 1.63. The lowest BCUT2D eigenvalue weighted by molar-refractivity contribution is 0.0966. The molecule has 104 valence electrons. The molecule has 2 aromatic rings. The number of rotatable bonds is 3. The minimum Gasteiger partial charge on any atom is -0.298 e. The maximum absolute atomic E-state index is 12.2. The lowest BCUT2D eigenvalue weighted by Crippen LogP contribution is -2.28. The highest BCUT2D eigenvalue weighted by atomic mass is 32.1. The molecule has 1 aliphatic carbocycles. The SMILES string of the molecule is CC1CCc2sc(C(=O)NNc3ccccc3)cc2C1. The van der Waals surface area contributed by atoms with Gasteiger partial charge in [-0.05, 0) is 48.9 Å². The monoisotopic (exact) mass is 286 g/mol. The first kappa shape index (κ1) is 13.2. The predicted octanol–water partition coefficient (Wildman–Crippen LogP) is 3.63. The smallest absolute Gasteiger partial charge is 0.279 e. The van der Waals surface area contributed by atoms with Gasteiger partial charge in [0.2, 0.25) is 0 Å². The zero-order chi connectivity index (χ0) is 13.9. The van der Waals surface area contributed by atoms with E-state index in [0.717, 1.165) is 29.3 Å². The lowest BCUT2D eigenvalue weighted by Gasteiger charge is -2.16. The molecule has 1 unspecified atom stereocenters. The summed E-state index contributed by atoms with van der Waals surface area (Å²) in [6, 6.07) is 11.7. The van der Waals surface area contributed by atoms with E-state index in [0.29, 0.717) is 0 Å². The molecule has 1 aromatic heterocycles. The molecule has 0 radical (unpaired) electrons. The Balaban J connectivity index is 1.66. The summed E-state index contributed by atoms with van der Waals surface area (Å²) in [5, 5.41) is 0. The van der Waals surface area contributed by atoms with Gasteiger partial charge >= 0.3 is 0 Å². The molecular weight excluding hydrogens is 268 g/mol. The van der Waals surface area contributed by atoms with E-state index in [1.165, 1.54) is 16.9 Å². The Kier molecular flexibility index (Phi) is 3.74.